The SMILES string of the molecule is CCOOP(=O)(OOCC)N1CCN(C2=CC=NC(C)(c3nc(N)c(C(=O)OCC)s3)N2)CC1. The highest BCUT2D eigenvalue weighted by atomic mass is 32.1. The molecule has 0 aromatic carbocycles. The summed E-state index contributed by atoms with van der Waals surface area (Å²) in [5, 5.41) is 3.91. The number of aromatic nitrogens is 1. The third-order valence-electron chi connectivity index (χ3n) is 4.94. The third kappa shape index (κ3) is 5.95. The van der Waals surface area contributed by atoms with E-state index in [0.29, 0.717) is 31.2 Å². The minimum Gasteiger partial charge on any atom is -0.462 e. The third-order valence-corrected chi connectivity index (χ3v) is 7.88. The number of esters is 1. The van der Waals surface area contributed by atoms with Gasteiger partial charge in [-0.2, -0.15) is 0 Å². The summed E-state index contributed by atoms with van der Waals surface area (Å²) in [5.41, 5.74) is 5.04. The molecule has 2 aliphatic rings. The molecule has 3 N–H and O–H groups in total. The Labute approximate surface area is 202 Å². The van der Waals surface area contributed by atoms with E-state index in [9.17, 15) is 9.36 Å². The summed E-state index contributed by atoms with van der Waals surface area (Å²) in [6.45, 7) is 9.48. The van der Waals surface area contributed by atoms with Crippen LogP contribution in [0, 0.1) is 0 Å². The zero-order valence-corrected chi connectivity index (χ0v) is 21.4. The molecule has 0 aliphatic carbocycles. The second kappa shape index (κ2) is 11.6. The molecule has 1 atom stereocenters. The van der Waals surface area contributed by atoms with Gasteiger partial charge in [-0.3, -0.25) is 4.99 Å². The molecule has 0 spiro atoms. The van der Waals surface area contributed by atoms with Gasteiger partial charge in [0.05, 0.1) is 19.8 Å². The number of piperazine rings is 1. The van der Waals surface area contributed by atoms with Gasteiger partial charge in [-0.15, -0.1) is 20.7 Å². The molecule has 0 radical (unpaired) electrons. The Bertz CT molecular complexity index is 953. The first-order chi connectivity index (χ1) is 16.3. The van der Waals surface area contributed by atoms with Crippen LogP contribution in [0.4, 0.5) is 5.82 Å². The van der Waals surface area contributed by atoms with Gasteiger partial charge in [0.2, 0.25) is 0 Å². The Morgan fingerprint density at radius 1 is 1.18 bits per heavy atom. The van der Waals surface area contributed by atoms with Crippen LogP contribution in [0.15, 0.2) is 16.9 Å². The van der Waals surface area contributed by atoms with E-state index in [-0.39, 0.29) is 30.5 Å². The number of thiazole rings is 1. The summed E-state index contributed by atoms with van der Waals surface area (Å²) in [4.78, 5) is 33.2. The molecule has 1 unspecified atom stereocenters. The standard InChI is InChI=1S/C19H31N6O7PS/c1-5-28-17(26)15-16(20)22-18(34-15)19(4)21-9-8-14(23-19)24-10-12-25(13-11-24)33(27,31-29-6-2)32-30-7-3/h8-9,23H,5-7,10-13,20H2,1-4H3. The lowest BCUT2D eigenvalue weighted by Crippen LogP contribution is -2.51. The predicted octanol–water partition coefficient (Wildman–Crippen LogP) is 2.25. The average molecular weight is 519 g/mol. The molecule has 0 amide bonds. The molecular formula is C19H31N6O7PS. The summed E-state index contributed by atoms with van der Waals surface area (Å²) >= 11 is 1.14. The van der Waals surface area contributed by atoms with Crippen molar-refractivity contribution in [2.45, 2.75) is 33.4 Å². The highest BCUT2D eigenvalue weighted by molar-refractivity contribution is 7.51. The fourth-order valence-electron chi connectivity index (χ4n) is 3.28. The highest BCUT2D eigenvalue weighted by Crippen LogP contribution is 2.52. The smallest absolute Gasteiger partial charge is 0.462 e. The first-order valence-corrected chi connectivity index (χ1v) is 13.3. The van der Waals surface area contributed by atoms with Crippen molar-refractivity contribution in [1.82, 2.24) is 19.9 Å². The van der Waals surface area contributed by atoms with Crippen molar-refractivity contribution in [3.63, 3.8) is 0 Å². The number of hydrogen-bond donors (Lipinski definition) is 2. The monoisotopic (exact) mass is 518 g/mol. The molecule has 0 saturated carbocycles. The van der Waals surface area contributed by atoms with Gasteiger partial charge in [0.15, 0.2) is 10.5 Å². The molecule has 1 saturated heterocycles. The van der Waals surface area contributed by atoms with Crippen molar-refractivity contribution in [1.29, 1.82) is 0 Å². The lowest BCUT2D eigenvalue weighted by atomic mass is 10.2. The van der Waals surface area contributed by atoms with E-state index in [1.165, 1.54) is 0 Å². The molecule has 13 nitrogen and oxygen atoms in total. The minimum atomic E-state index is -3.76. The Morgan fingerprint density at radius 3 is 2.41 bits per heavy atom. The number of aliphatic imine (C=N–C) groups is 1. The van der Waals surface area contributed by atoms with Crippen molar-refractivity contribution in [2.24, 2.45) is 4.99 Å². The van der Waals surface area contributed by atoms with Gasteiger partial charge in [0.1, 0.15) is 16.6 Å². The Morgan fingerprint density at radius 2 is 1.82 bits per heavy atom. The van der Waals surface area contributed by atoms with Gasteiger partial charge >= 0.3 is 13.7 Å². The van der Waals surface area contributed by atoms with Crippen LogP contribution in [0.25, 0.3) is 0 Å². The lowest BCUT2D eigenvalue weighted by molar-refractivity contribution is -0.271. The van der Waals surface area contributed by atoms with E-state index in [2.05, 4.69) is 20.2 Å². The van der Waals surface area contributed by atoms with E-state index < -0.39 is 19.4 Å². The Balaban J connectivity index is 1.67. The summed E-state index contributed by atoms with van der Waals surface area (Å²) in [7, 11) is -3.76. The maximum absolute atomic E-state index is 13.1. The molecule has 3 heterocycles. The molecule has 1 aromatic rings. The number of hydrogen-bond acceptors (Lipinski definition) is 13. The second-order valence-electron chi connectivity index (χ2n) is 7.35. The fraction of sp³-hybridized carbons (Fsp3) is 0.632. The van der Waals surface area contributed by atoms with Gasteiger partial charge in [-0.1, -0.05) is 0 Å². The van der Waals surface area contributed by atoms with Gasteiger partial charge in [-0.25, -0.2) is 28.8 Å². The van der Waals surface area contributed by atoms with Crippen LogP contribution >= 0.6 is 19.1 Å². The molecule has 0 bridgehead atoms. The predicted molar refractivity (Wildman–Crippen MR) is 126 cm³/mol. The van der Waals surface area contributed by atoms with Gasteiger partial charge < -0.3 is 20.7 Å². The number of nitrogens with two attached hydrogens (primary N) is 1. The minimum absolute atomic E-state index is 0.112. The topological polar surface area (TPSA) is 150 Å². The van der Waals surface area contributed by atoms with Crippen molar-refractivity contribution < 1.29 is 33.2 Å². The van der Waals surface area contributed by atoms with Crippen molar-refractivity contribution >= 4 is 37.1 Å². The molecule has 190 valence electrons. The number of carbonyl (C=O) groups excluding carboxylic acids is 1. The maximum atomic E-state index is 13.1. The van der Waals surface area contributed by atoms with E-state index >= 15 is 0 Å². The summed E-state index contributed by atoms with van der Waals surface area (Å²) in [6, 6.07) is 0. The van der Waals surface area contributed by atoms with E-state index in [0.717, 1.165) is 17.2 Å². The van der Waals surface area contributed by atoms with Crippen molar-refractivity contribution in [3.8, 4) is 0 Å². The largest absolute Gasteiger partial charge is 0.462 e. The van der Waals surface area contributed by atoms with Crippen LogP contribution in [0.3, 0.4) is 0 Å². The van der Waals surface area contributed by atoms with Crippen LogP contribution in [0.1, 0.15) is 42.4 Å². The summed E-state index contributed by atoms with van der Waals surface area (Å²) in [5.74, 6) is 0.405. The first-order valence-electron chi connectivity index (χ1n) is 11.0. The fourth-order valence-corrected chi connectivity index (χ4v) is 5.58. The Kier molecular flexibility index (Phi) is 9.04. The molecular weight excluding hydrogens is 487 g/mol. The molecule has 1 fully saturated rings. The maximum Gasteiger partial charge on any atom is 0.462 e. The van der Waals surface area contributed by atoms with E-state index in [4.69, 9.17) is 29.6 Å². The number of nitrogen functional groups attached to an aromatic ring is 1. The van der Waals surface area contributed by atoms with E-state index in [1.54, 1.807) is 31.7 Å². The summed E-state index contributed by atoms with van der Waals surface area (Å²) < 4.78 is 29.8. The lowest BCUT2D eigenvalue weighted by Gasteiger charge is -2.41. The van der Waals surface area contributed by atoms with Crippen molar-refractivity contribution in [3.05, 3.63) is 21.8 Å². The van der Waals surface area contributed by atoms with Crippen LogP contribution in [-0.2, 0) is 34.1 Å². The zero-order chi connectivity index (χ0) is 24.8. The van der Waals surface area contributed by atoms with Gasteiger partial charge in [-0.05, 0) is 33.8 Å². The highest BCUT2D eigenvalue weighted by Gasteiger charge is 2.40. The number of ether oxygens (including phenoxy) is 1. The van der Waals surface area contributed by atoms with Crippen LogP contribution < -0.4 is 11.1 Å². The number of rotatable bonds is 11. The summed E-state index contributed by atoms with van der Waals surface area (Å²) in [6.07, 6.45) is 3.52. The molecule has 34 heavy (non-hydrogen) atoms. The second-order valence-corrected chi connectivity index (χ2v) is 10.2. The normalized spacial score (nSPS) is 21.3. The number of nitrogens with zero attached hydrogens (tertiary/aromatic N) is 4. The number of nitrogens with one attached hydrogen (secondary N) is 1. The average Bonchev–Trinajstić information content (AvgIpc) is 3.24. The quantitative estimate of drug-likeness (QED) is 0.191. The molecule has 3 rings (SSSR count). The van der Waals surface area contributed by atoms with Crippen LogP contribution in [0.2, 0.25) is 0 Å². The van der Waals surface area contributed by atoms with E-state index in [1.807, 2.05) is 13.0 Å². The van der Waals surface area contributed by atoms with Crippen LogP contribution in [-0.4, -0.2) is 72.7 Å². The molecule has 1 aromatic heterocycles. The number of allylic oxidation sites excluding steroid dienone is 1. The van der Waals surface area contributed by atoms with Crippen molar-refractivity contribution in [2.75, 3.05) is 51.7 Å². The zero-order valence-electron chi connectivity index (χ0n) is 19.7. The number of carbonyl (C=O) groups is 1. The first kappa shape index (κ1) is 26.5. The number of anilines is 1. The molecule has 2 aliphatic heterocycles. The Hall–Kier alpha value is -2.06. The van der Waals surface area contributed by atoms with Gasteiger partial charge in [0, 0.05) is 32.4 Å². The molecule has 15 heteroatoms. The van der Waals surface area contributed by atoms with Gasteiger partial charge in [0.25, 0.3) is 0 Å². The van der Waals surface area contributed by atoms with Crippen LogP contribution in [0.5, 0.6) is 0 Å².